The Labute approximate surface area is 79.7 Å². The highest BCUT2D eigenvalue weighted by Gasteiger charge is 2.00. The molecule has 0 aliphatic heterocycles. The number of hydrogen-bond donors (Lipinski definition) is 2. The van der Waals surface area contributed by atoms with Crippen molar-refractivity contribution < 1.29 is 5.21 Å². The van der Waals surface area contributed by atoms with Crippen molar-refractivity contribution in [2.24, 2.45) is 0 Å². The molecule has 1 aromatic carbocycles. The number of rotatable bonds is 2. The molecule has 60 valence electrons. The molecule has 0 aromatic heterocycles. The van der Waals surface area contributed by atoms with Crippen molar-refractivity contribution in [3.63, 3.8) is 0 Å². The van der Waals surface area contributed by atoms with E-state index < -0.39 is 0 Å². The molecule has 0 saturated carbocycles. The summed E-state index contributed by atoms with van der Waals surface area (Å²) in [6.07, 6.45) is 0. The second-order valence-corrected chi connectivity index (χ2v) is 3.65. The maximum Gasteiger partial charge on any atom is 0.0540 e. The summed E-state index contributed by atoms with van der Waals surface area (Å²) < 4.78 is 1.21. The van der Waals surface area contributed by atoms with Crippen molar-refractivity contribution in [1.82, 2.24) is 5.48 Å². The monoisotopic (exact) mass is 263 g/mol. The summed E-state index contributed by atoms with van der Waals surface area (Å²) in [6, 6.07) is 8.03. The zero-order valence-corrected chi connectivity index (χ0v) is 8.37. The zero-order chi connectivity index (χ0) is 8.27. The average molecular weight is 263 g/mol. The van der Waals surface area contributed by atoms with E-state index in [-0.39, 0.29) is 6.04 Å². The number of hydrogen-bond acceptors (Lipinski definition) is 2. The van der Waals surface area contributed by atoms with Crippen LogP contribution in [0, 0.1) is 3.57 Å². The topological polar surface area (TPSA) is 32.3 Å². The molecule has 1 rings (SSSR count). The summed E-state index contributed by atoms with van der Waals surface area (Å²) in [5, 5.41) is 8.61. The highest BCUT2D eigenvalue weighted by atomic mass is 127. The van der Waals surface area contributed by atoms with Gasteiger partial charge in [0.1, 0.15) is 0 Å². The first-order chi connectivity index (χ1) is 5.24. The lowest BCUT2D eigenvalue weighted by Gasteiger charge is -2.08. The normalized spacial score (nSPS) is 13.0. The van der Waals surface area contributed by atoms with Crippen molar-refractivity contribution in [2.75, 3.05) is 0 Å². The van der Waals surface area contributed by atoms with Gasteiger partial charge in [-0.1, -0.05) is 12.1 Å². The quantitative estimate of drug-likeness (QED) is 0.634. The van der Waals surface area contributed by atoms with Crippen LogP contribution >= 0.6 is 22.6 Å². The lowest BCUT2D eigenvalue weighted by atomic mass is 10.1. The third kappa shape index (κ3) is 2.43. The molecular weight excluding hydrogens is 253 g/mol. The fourth-order valence-corrected chi connectivity index (χ4v) is 1.19. The summed E-state index contributed by atoms with van der Waals surface area (Å²) in [7, 11) is 0. The molecule has 0 bridgehead atoms. The molecule has 2 N–H and O–H groups in total. The molecule has 0 saturated heterocycles. The first-order valence-corrected chi connectivity index (χ1v) is 4.47. The van der Waals surface area contributed by atoms with Gasteiger partial charge in [-0.25, -0.2) is 0 Å². The van der Waals surface area contributed by atoms with E-state index in [9.17, 15) is 0 Å². The second kappa shape index (κ2) is 4.04. The predicted molar refractivity (Wildman–Crippen MR) is 52.5 cm³/mol. The number of benzene rings is 1. The Kier molecular flexibility index (Phi) is 3.29. The van der Waals surface area contributed by atoms with Gasteiger partial charge in [-0.2, -0.15) is 5.48 Å². The van der Waals surface area contributed by atoms with Gasteiger partial charge in [-0.05, 0) is 47.2 Å². The highest BCUT2D eigenvalue weighted by Crippen LogP contribution is 2.13. The Morgan fingerprint density at radius 3 is 2.36 bits per heavy atom. The van der Waals surface area contributed by atoms with Gasteiger partial charge in [0.15, 0.2) is 0 Å². The molecule has 0 aliphatic rings. The standard InChI is InChI=1S/C8H10INO/c1-6(10-11)7-2-4-8(9)5-3-7/h2-6,10-11H,1H3. The van der Waals surface area contributed by atoms with E-state index >= 15 is 0 Å². The molecule has 1 atom stereocenters. The number of nitrogens with one attached hydrogen (secondary N) is 1. The molecule has 1 aromatic rings. The fourth-order valence-electron chi connectivity index (χ4n) is 0.826. The molecule has 0 amide bonds. The molecule has 0 heterocycles. The maximum absolute atomic E-state index is 8.61. The van der Waals surface area contributed by atoms with Gasteiger partial charge < -0.3 is 5.21 Å². The second-order valence-electron chi connectivity index (χ2n) is 2.40. The van der Waals surface area contributed by atoms with Crippen LogP contribution in [-0.2, 0) is 0 Å². The molecule has 0 radical (unpaired) electrons. The average Bonchev–Trinajstić information content (AvgIpc) is 2.05. The third-order valence-electron chi connectivity index (χ3n) is 1.56. The molecule has 2 nitrogen and oxygen atoms in total. The Balaban J connectivity index is 2.81. The van der Waals surface area contributed by atoms with Crippen LogP contribution in [0.25, 0.3) is 0 Å². The predicted octanol–water partition coefficient (Wildman–Crippen LogP) is 2.33. The molecule has 0 spiro atoms. The van der Waals surface area contributed by atoms with Crippen LogP contribution in [0.5, 0.6) is 0 Å². The van der Waals surface area contributed by atoms with Crippen molar-refractivity contribution in [3.05, 3.63) is 33.4 Å². The molecule has 0 aliphatic carbocycles. The van der Waals surface area contributed by atoms with Crippen LogP contribution in [0.3, 0.4) is 0 Å². The zero-order valence-electron chi connectivity index (χ0n) is 6.21. The Bertz CT molecular complexity index is 222. The van der Waals surface area contributed by atoms with E-state index in [1.165, 1.54) is 3.57 Å². The van der Waals surface area contributed by atoms with Crippen molar-refractivity contribution in [1.29, 1.82) is 0 Å². The smallest absolute Gasteiger partial charge is 0.0540 e. The van der Waals surface area contributed by atoms with Crippen LogP contribution < -0.4 is 5.48 Å². The van der Waals surface area contributed by atoms with Crippen LogP contribution in [-0.4, -0.2) is 5.21 Å². The molecular formula is C8H10INO. The van der Waals surface area contributed by atoms with E-state index in [2.05, 4.69) is 28.1 Å². The van der Waals surface area contributed by atoms with Gasteiger partial charge in [0, 0.05) is 3.57 Å². The van der Waals surface area contributed by atoms with Crippen molar-refractivity contribution >= 4 is 22.6 Å². The van der Waals surface area contributed by atoms with Gasteiger partial charge in [-0.15, -0.1) is 0 Å². The summed E-state index contributed by atoms with van der Waals surface area (Å²) >= 11 is 2.25. The summed E-state index contributed by atoms with van der Waals surface area (Å²) in [5.74, 6) is 0. The number of hydroxylamine groups is 1. The Morgan fingerprint density at radius 2 is 1.91 bits per heavy atom. The van der Waals surface area contributed by atoms with Gasteiger partial charge in [0.2, 0.25) is 0 Å². The maximum atomic E-state index is 8.61. The highest BCUT2D eigenvalue weighted by molar-refractivity contribution is 14.1. The van der Waals surface area contributed by atoms with Crippen molar-refractivity contribution in [3.8, 4) is 0 Å². The third-order valence-corrected chi connectivity index (χ3v) is 2.28. The van der Waals surface area contributed by atoms with E-state index in [1.807, 2.05) is 31.2 Å². The molecule has 1 unspecified atom stereocenters. The first-order valence-electron chi connectivity index (χ1n) is 3.39. The van der Waals surface area contributed by atoms with Crippen molar-refractivity contribution in [2.45, 2.75) is 13.0 Å². The van der Waals surface area contributed by atoms with Crippen LogP contribution in [0.1, 0.15) is 18.5 Å². The van der Waals surface area contributed by atoms with Gasteiger partial charge >= 0.3 is 0 Å². The van der Waals surface area contributed by atoms with Gasteiger partial charge in [0.05, 0.1) is 6.04 Å². The van der Waals surface area contributed by atoms with Crippen LogP contribution in [0.4, 0.5) is 0 Å². The summed E-state index contributed by atoms with van der Waals surface area (Å²) in [6.45, 7) is 1.90. The largest absolute Gasteiger partial charge is 0.316 e. The lowest BCUT2D eigenvalue weighted by molar-refractivity contribution is 0.133. The van der Waals surface area contributed by atoms with E-state index in [1.54, 1.807) is 0 Å². The lowest BCUT2D eigenvalue weighted by Crippen LogP contribution is -2.12. The SMILES string of the molecule is CC(NO)c1ccc(I)cc1. The minimum Gasteiger partial charge on any atom is -0.316 e. The Hall–Kier alpha value is -0.130. The van der Waals surface area contributed by atoms with E-state index in [0.717, 1.165) is 5.56 Å². The van der Waals surface area contributed by atoms with Gasteiger partial charge in [0.25, 0.3) is 0 Å². The molecule has 3 heteroatoms. The van der Waals surface area contributed by atoms with Gasteiger partial charge in [-0.3, -0.25) is 0 Å². The number of halogens is 1. The van der Waals surface area contributed by atoms with Crippen LogP contribution in [0.2, 0.25) is 0 Å². The van der Waals surface area contributed by atoms with E-state index in [4.69, 9.17) is 5.21 Å². The van der Waals surface area contributed by atoms with E-state index in [0.29, 0.717) is 0 Å². The summed E-state index contributed by atoms with van der Waals surface area (Å²) in [4.78, 5) is 0. The van der Waals surface area contributed by atoms with Crippen LogP contribution in [0.15, 0.2) is 24.3 Å². The fraction of sp³-hybridized carbons (Fsp3) is 0.250. The molecule has 0 fully saturated rings. The minimum atomic E-state index is 0.00648. The molecule has 11 heavy (non-hydrogen) atoms. The Morgan fingerprint density at radius 1 is 1.36 bits per heavy atom. The first kappa shape index (κ1) is 8.96. The minimum absolute atomic E-state index is 0.00648. The summed E-state index contributed by atoms with van der Waals surface area (Å²) in [5.41, 5.74) is 3.29.